The van der Waals surface area contributed by atoms with Crippen molar-refractivity contribution in [3.05, 3.63) is 58.3 Å². The summed E-state index contributed by atoms with van der Waals surface area (Å²) in [7, 11) is -3.56. The van der Waals surface area contributed by atoms with Gasteiger partial charge < -0.3 is 9.72 Å². The molecule has 2 aromatic rings. The summed E-state index contributed by atoms with van der Waals surface area (Å²) in [6.45, 7) is 4.32. The summed E-state index contributed by atoms with van der Waals surface area (Å²) in [5.41, 5.74) is 0.320. The third kappa shape index (κ3) is 7.20. The van der Waals surface area contributed by atoms with Crippen LogP contribution in [0.2, 0.25) is 0 Å². The zero-order valence-electron chi connectivity index (χ0n) is 18.3. The average molecular weight is 450 g/mol. The van der Waals surface area contributed by atoms with Gasteiger partial charge in [-0.05, 0) is 61.6 Å². The molecule has 0 aliphatic heterocycles. The lowest BCUT2D eigenvalue weighted by Gasteiger charge is -2.24. The number of aromatic nitrogens is 1. The molecule has 0 saturated heterocycles. The van der Waals surface area contributed by atoms with E-state index in [2.05, 4.69) is 4.98 Å². The molecule has 1 aromatic heterocycles. The van der Waals surface area contributed by atoms with Crippen molar-refractivity contribution >= 4 is 9.84 Å². The number of unbranched alkanes of at least 4 members (excludes halogenated alkanes) is 2. The van der Waals surface area contributed by atoms with Crippen LogP contribution in [-0.4, -0.2) is 25.8 Å². The van der Waals surface area contributed by atoms with Gasteiger partial charge in [-0.2, -0.15) is 0 Å². The molecule has 1 saturated carbocycles. The number of benzene rings is 1. The lowest BCUT2D eigenvalue weighted by atomic mass is 9.89. The van der Waals surface area contributed by atoms with Gasteiger partial charge in [-0.1, -0.05) is 32.8 Å². The highest BCUT2D eigenvalue weighted by atomic mass is 32.2. The van der Waals surface area contributed by atoms with Crippen LogP contribution in [0.15, 0.2) is 46.2 Å². The lowest BCUT2D eigenvalue weighted by molar-refractivity contribution is 0.284. The highest BCUT2D eigenvalue weighted by molar-refractivity contribution is 7.91. The Kier molecular flexibility index (Phi) is 7.57. The second kappa shape index (κ2) is 9.98. The van der Waals surface area contributed by atoms with E-state index in [9.17, 15) is 17.6 Å². The minimum Gasteiger partial charge on any atom is -0.490 e. The Hall–Kier alpha value is -2.15. The van der Waals surface area contributed by atoms with Gasteiger partial charge in [0.15, 0.2) is 21.4 Å². The van der Waals surface area contributed by atoms with E-state index in [1.807, 2.05) is 26.0 Å². The maximum absolute atomic E-state index is 14.0. The number of ether oxygens (including phenoxy) is 1. The van der Waals surface area contributed by atoms with Gasteiger partial charge in [0.1, 0.15) is 0 Å². The van der Waals surface area contributed by atoms with Crippen molar-refractivity contribution in [2.75, 3.05) is 12.4 Å². The molecule has 1 aliphatic carbocycles. The van der Waals surface area contributed by atoms with Crippen molar-refractivity contribution in [3.8, 4) is 5.75 Å². The Morgan fingerprint density at radius 1 is 1.16 bits per heavy atom. The van der Waals surface area contributed by atoms with Gasteiger partial charge in [0.05, 0.1) is 17.3 Å². The zero-order chi connectivity index (χ0) is 22.5. The maximum Gasteiger partial charge on any atom is 0.251 e. The first-order valence-corrected chi connectivity index (χ1v) is 12.6. The molecule has 5 nitrogen and oxygen atoms in total. The first kappa shape index (κ1) is 23.5. The van der Waals surface area contributed by atoms with Gasteiger partial charge in [0, 0.05) is 17.8 Å². The predicted octanol–water partition coefficient (Wildman–Crippen LogP) is 4.91. The molecule has 0 radical (unpaired) electrons. The first-order chi connectivity index (χ1) is 14.7. The average Bonchev–Trinajstić information content (AvgIpc) is 3.52. The number of H-pyrrole nitrogens is 1. The van der Waals surface area contributed by atoms with Crippen LogP contribution in [0.25, 0.3) is 0 Å². The number of sulfone groups is 1. The Morgan fingerprint density at radius 2 is 1.94 bits per heavy atom. The van der Waals surface area contributed by atoms with E-state index in [1.54, 1.807) is 6.20 Å². The fraction of sp³-hybridized carbons (Fsp3) is 0.542. The second-order valence-corrected chi connectivity index (χ2v) is 11.3. The highest BCUT2D eigenvalue weighted by Gasteiger charge is 2.28. The minimum atomic E-state index is -3.56. The van der Waals surface area contributed by atoms with Gasteiger partial charge in [0.25, 0.3) is 5.56 Å². The topological polar surface area (TPSA) is 76.2 Å². The Bertz CT molecular complexity index is 1040. The summed E-state index contributed by atoms with van der Waals surface area (Å²) in [6.07, 6.45) is 7.94. The number of halogens is 1. The van der Waals surface area contributed by atoms with Crippen molar-refractivity contribution in [1.82, 2.24) is 4.98 Å². The number of nitrogens with one attached hydrogen (secondary N) is 1. The van der Waals surface area contributed by atoms with Crippen molar-refractivity contribution in [2.45, 2.75) is 63.7 Å². The molecule has 0 spiro atoms. The van der Waals surface area contributed by atoms with Crippen LogP contribution in [0, 0.1) is 17.2 Å². The van der Waals surface area contributed by atoms with Gasteiger partial charge in [0.2, 0.25) is 0 Å². The number of hydrogen-bond donors (Lipinski definition) is 1. The van der Waals surface area contributed by atoms with Gasteiger partial charge in [-0.25, -0.2) is 12.8 Å². The Morgan fingerprint density at radius 3 is 2.65 bits per heavy atom. The molecule has 1 heterocycles. The summed E-state index contributed by atoms with van der Waals surface area (Å²) in [6, 6.07) is 7.47. The van der Waals surface area contributed by atoms with Gasteiger partial charge >= 0.3 is 0 Å². The minimum absolute atomic E-state index is 0.00789. The summed E-state index contributed by atoms with van der Waals surface area (Å²) in [5, 5.41) is 0. The molecule has 0 unspecified atom stereocenters. The van der Waals surface area contributed by atoms with E-state index in [1.165, 1.54) is 18.2 Å². The molecule has 170 valence electrons. The highest BCUT2D eigenvalue weighted by Crippen LogP contribution is 2.33. The fourth-order valence-electron chi connectivity index (χ4n) is 3.70. The van der Waals surface area contributed by atoms with Crippen LogP contribution in [0.4, 0.5) is 4.39 Å². The van der Waals surface area contributed by atoms with E-state index in [-0.39, 0.29) is 22.0 Å². The monoisotopic (exact) mass is 449 g/mol. The predicted molar refractivity (Wildman–Crippen MR) is 120 cm³/mol. The van der Waals surface area contributed by atoms with E-state index in [0.29, 0.717) is 18.9 Å². The van der Waals surface area contributed by atoms with Crippen LogP contribution < -0.4 is 10.3 Å². The molecule has 1 N–H and O–H groups in total. The summed E-state index contributed by atoms with van der Waals surface area (Å²) in [4.78, 5) is 14.5. The van der Waals surface area contributed by atoms with Crippen LogP contribution in [0.5, 0.6) is 5.75 Å². The Balaban J connectivity index is 1.51. The molecule has 1 aromatic carbocycles. The van der Waals surface area contributed by atoms with E-state index >= 15 is 0 Å². The van der Waals surface area contributed by atoms with Crippen LogP contribution in [0.3, 0.4) is 0 Å². The van der Waals surface area contributed by atoms with Crippen molar-refractivity contribution in [3.63, 3.8) is 0 Å². The molecule has 1 aliphatic rings. The molecule has 0 amide bonds. The molecule has 7 heteroatoms. The normalized spacial score (nSPS) is 14.5. The molecule has 1 fully saturated rings. The van der Waals surface area contributed by atoms with Gasteiger partial charge in [-0.15, -0.1) is 0 Å². The number of rotatable bonds is 12. The SMILES string of the molecule is CC(C)(CCCCCc1ccc[nH]c1=O)CS(=O)(=O)c1ccc(F)c(OCC2CC2)c1. The van der Waals surface area contributed by atoms with Crippen molar-refractivity contribution in [1.29, 1.82) is 0 Å². The van der Waals surface area contributed by atoms with Crippen molar-refractivity contribution < 1.29 is 17.5 Å². The summed E-state index contributed by atoms with van der Waals surface area (Å²) in [5.74, 6) is -0.0666. The molecule has 0 bridgehead atoms. The van der Waals surface area contributed by atoms with E-state index in [0.717, 1.165) is 44.1 Å². The van der Waals surface area contributed by atoms with Gasteiger partial charge in [-0.3, -0.25) is 4.79 Å². The third-order valence-corrected chi connectivity index (χ3v) is 7.85. The van der Waals surface area contributed by atoms with Crippen LogP contribution in [-0.2, 0) is 16.3 Å². The summed E-state index contributed by atoms with van der Waals surface area (Å²) < 4.78 is 45.4. The number of pyridine rings is 1. The number of hydrogen-bond acceptors (Lipinski definition) is 4. The van der Waals surface area contributed by atoms with Crippen molar-refractivity contribution in [2.24, 2.45) is 11.3 Å². The lowest BCUT2D eigenvalue weighted by Crippen LogP contribution is -2.24. The van der Waals surface area contributed by atoms with Crippen LogP contribution in [0.1, 0.15) is 57.9 Å². The zero-order valence-corrected chi connectivity index (χ0v) is 19.1. The molecular formula is C24H32FNO4S. The quantitative estimate of drug-likeness (QED) is 0.369. The second-order valence-electron chi connectivity index (χ2n) is 9.36. The summed E-state index contributed by atoms with van der Waals surface area (Å²) >= 11 is 0. The standard InChI is InChI=1S/C24H32FNO4S/c1-24(2,13-5-3-4-7-19-8-6-14-26-23(19)27)17-31(28,29)20-11-12-21(25)22(15-20)30-16-18-9-10-18/h6,8,11-12,14-15,18H,3-5,7,9-10,13,16-17H2,1-2H3,(H,26,27). The van der Waals surface area contributed by atoms with Crippen LogP contribution >= 0.6 is 0 Å². The molecule has 31 heavy (non-hydrogen) atoms. The largest absolute Gasteiger partial charge is 0.490 e. The first-order valence-electron chi connectivity index (χ1n) is 11.0. The van der Waals surface area contributed by atoms with E-state index < -0.39 is 21.1 Å². The number of aryl methyl sites for hydroxylation is 1. The molecular weight excluding hydrogens is 417 g/mol. The fourth-order valence-corrected chi connectivity index (χ4v) is 5.60. The Labute approximate surface area is 184 Å². The maximum atomic E-state index is 14.0. The molecule has 3 rings (SSSR count). The molecule has 0 atom stereocenters. The van der Waals surface area contributed by atoms with E-state index in [4.69, 9.17) is 4.74 Å². The third-order valence-electron chi connectivity index (χ3n) is 5.71. The number of aromatic amines is 1. The smallest absolute Gasteiger partial charge is 0.251 e.